The number of carboxylic acid groups (broad SMARTS) is 1. The molecule has 0 aliphatic heterocycles. The van der Waals surface area contributed by atoms with E-state index in [1.54, 1.807) is 13.8 Å². The fourth-order valence-corrected chi connectivity index (χ4v) is 1.79. The quantitative estimate of drug-likeness (QED) is 0.712. The highest BCUT2D eigenvalue weighted by atomic mass is 16.4. The molecule has 0 saturated heterocycles. The lowest BCUT2D eigenvalue weighted by Crippen LogP contribution is -2.43. The van der Waals surface area contributed by atoms with Crippen molar-refractivity contribution in [2.24, 2.45) is 11.8 Å². The van der Waals surface area contributed by atoms with E-state index in [2.05, 4.69) is 0 Å². The molecule has 16 heavy (non-hydrogen) atoms. The van der Waals surface area contributed by atoms with Crippen molar-refractivity contribution in [3.05, 3.63) is 0 Å². The van der Waals surface area contributed by atoms with Gasteiger partial charge in [-0.2, -0.15) is 0 Å². The van der Waals surface area contributed by atoms with Crippen molar-refractivity contribution in [2.75, 3.05) is 13.1 Å². The van der Waals surface area contributed by atoms with Gasteiger partial charge in [-0.25, -0.2) is 0 Å². The molecule has 2 N–H and O–H groups in total. The lowest BCUT2D eigenvalue weighted by molar-refractivity contribution is -0.142. The minimum atomic E-state index is -0.945. The van der Waals surface area contributed by atoms with Gasteiger partial charge in [-0.1, -0.05) is 0 Å². The number of carbonyl (C=O) groups excluding carboxylic acids is 1. The summed E-state index contributed by atoms with van der Waals surface area (Å²) < 4.78 is 0. The van der Waals surface area contributed by atoms with Gasteiger partial charge in [0.15, 0.2) is 0 Å². The Morgan fingerprint density at radius 3 is 2.25 bits per heavy atom. The largest absolute Gasteiger partial charge is 0.481 e. The molecule has 5 nitrogen and oxygen atoms in total. The van der Waals surface area contributed by atoms with E-state index in [0.717, 1.165) is 0 Å². The summed E-state index contributed by atoms with van der Waals surface area (Å²) >= 11 is 0. The highest BCUT2D eigenvalue weighted by Gasteiger charge is 2.49. The van der Waals surface area contributed by atoms with Gasteiger partial charge < -0.3 is 15.1 Å². The monoisotopic (exact) mass is 229 g/mol. The molecular weight excluding hydrogens is 210 g/mol. The third kappa shape index (κ3) is 3.20. The van der Waals surface area contributed by atoms with Crippen molar-refractivity contribution in [2.45, 2.75) is 32.8 Å². The zero-order valence-corrected chi connectivity index (χ0v) is 9.93. The van der Waals surface area contributed by atoms with Gasteiger partial charge in [-0.15, -0.1) is 0 Å². The third-order valence-corrected chi connectivity index (χ3v) is 2.70. The Hall–Kier alpha value is -1.10. The molecule has 1 saturated carbocycles. The maximum atomic E-state index is 11.9. The van der Waals surface area contributed by atoms with E-state index in [1.807, 2.05) is 6.92 Å². The molecule has 0 aromatic carbocycles. The second-order valence-corrected chi connectivity index (χ2v) is 4.95. The van der Waals surface area contributed by atoms with Crippen LogP contribution in [0.3, 0.4) is 0 Å². The van der Waals surface area contributed by atoms with Crippen LogP contribution in [0.15, 0.2) is 0 Å². The summed E-state index contributed by atoms with van der Waals surface area (Å²) in [7, 11) is 0. The van der Waals surface area contributed by atoms with Crippen LogP contribution >= 0.6 is 0 Å². The van der Waals surface area contributed by atoms with Crippen molar-refractivity contribution >= 4 is 11.9 Å². The molecule has 1 aliphatic rings. The molecule has 1 rings (SSSR count). The van der Waals surface area contributed by atoms with Gasteiger partial charge in [0.25, 0.3) is 0 Å². The Labute approximate surface area is 95.1 Å². The SMILES string of the molecule is CCN(CC(C)(C)O)C(=O)[C@@H]1C[C@@H]1C(=O)O. The van der Waals surface area contributed by atoms with Crippen molar-refractivity contribution < 1.29 is 19.8 Å². The molecule has 1 fully saturated rings. The minimum absolute atomic E-state index is 0.156. The first-order valence-electron chi connectivity index (χ1n) is 5.50. The smallest absolute Gasteiger partial charge is 0.307 e. The van der Waals surface area contributed by atoms with Gasteiger partial charge in [0, 0.05) is 13.1 Å². The Kier molecular flexibility index (Phi) is 3.57. The van der Waals surface area contributed by atoms with E-state index in [9.17, 15) is 14.7 Å². The molecule has 0 spiro atoms. The number of likely N-dealkylation sites (N-methyl/N-ethyl adjacent to an activating group) is 1. The number of aliphatic hydroxyl groups is 1. The number of amides is 1. The molecule has 92 valence electrons. The number of carboxylic acids is 1. The average Bonchev–Trinajstić information content (AvgIpc) is 2.90. The third-order valence-electron chi connectivity index (χ3n) is 2.70. The van der Waals surface area contributed by atoms with Gasteiger partial charge in [-0.05, 0) is 27.2 Å². The second-order valence-electron chi connectivity index (χ2n) is 4.95. The zero-order chi connectivity index (χ0) is 12.5. The highest BCUT2D eigenvalue weighted by Crippen LogP contribution is 2.40. The second kappa shape index (κ2) is 4.41. The standard InChI is InChI=1S/C11H19NO4/c1-4-12(6-11(2,3)16)9(13)7-5-8(7)10(14)15/h7-8,16H,4-6H2,1-3H3,(H,14,15)/t7-,8+/m1/s1. The molecule has 0 aromatic rings. The van der Waals surface area contributed by atoms with E-state index >= 15 is 0 Å². The van der Waals surface area contributed by atoms with E-state index in [1.165, 1.54) is 4.90 Å². The molecule has 0 bridgehead atoms. The molecule has 0 unspecified atom stereocenters. The molecule has 1 amide bonds. The van der Waals surface area contributed by atoms with Crippen molar-refractivity contribution in [1.29, 1.82) is 0 Å². The lowest BCUT2D eigenvalue weighted by atomic mass is 10.1. The van der Waals surface area contributed by atoms with Gasteiger partial charge >= 0.3 is 5.97 Å². The Morgan fingerprint density at radius 1 is 1.38 bits per heavy atom. The fourth-order valence-electron chi connectivity index (χ4n) is 1.79. The molecular formula is C11H19NO4. The van der Waals surface area contributed by atoms with Crippen LogP contribution < -0.4 is 0 Å². The number of carbonyl (C=O) groups is 2. The number of hydrogen-bond acceptors (Lipinski definition) is 3. The predicted molar refractivity (Wildman–Crippen MR) is 57.8 cm³/mol. The first-order valence-corrected chi connectivity index (χ1v) is 5.50. The summed E-state index contributed by atoms with van der Waals surface area (Å²) in [5, 5.41) is 18.4. The molecule has 0 heterocycles. The van der Waals surface area contributed by atoms with Gasteiger partial charge in [0.2, 0.25) is 5.91 Å². The van der Waals surface area contributed by atoms with Gasteiger partial charge in [0.05, 0.1) is 17.4 Å². The van der Waals surface area contributed by atoms with Crippen LogP contribution in [0.25, 0.3) is 0 Å². The van der Waals surface area contributed by atoms with E-state index in [0.29, 0.717) is 13.0 Å². The molecule has 0 radical (unpaired) electrons. The lowest BCUT2D eigenvalue weighted by Gasteiger charge is -2.28. The molecule has 1 aliphatic carbocycles. The van der Waals surface area contributed by atoms with Crippen LogP contribution in [0, 0.1) is 11.8 Å². The van der Waals surface area contributed by atoms with Crippen molar-refractivity contribution in [3.8, 4) is 0 Å². The van der Waals surface area contributed by atoms with E-state index in [4.69, 9.17) is 5.11 Å². The summed E-state index contributed by atoms with van der Waals surface area (Å²) in [5.41, 5.74) is -0.945. The van der Waals surface area contributed by atoms with Crippen LogP contribution in [0.4, 0.5) is 0 Å². The summed E-state index contributed by atoms with van der Waals surface area (Å²) in [5.74, 6) is -1.97. The number of nitrogens with zero attached hydrogens (tertiary/aromatic N) is 1. The van der Waals surface area contributed by atoms with Crippen LogP contribution in [0.1, 0.15) is 27.2 Å². The van der Waals surface area contributed by atoms with Crippen molar-refractivity contribution in [3.63, 3.8) is 0 Å². The van der Waals surface area contributed by atoms with Crippen LogP contribution in [-0.4, -0.2) is 45.7 Å². The van der Waals surface area contributed by atoms with Crippen molar-refractivity contribution in [1.82, 2.24) is 4.90 Å². The normalized spacial score (nSPS) is 24.0. The van der Waals surface area contributed by atoms with Gasteiger partial charge in [0.1, 0.15) is 0 Å². The zero-order valence-electron chi connectivity index (χ0n) is 9.93. The van der Waals surface area contributed by atoms with E-state index < -0.39 is 17.5 Å². The Bertz CT molecular complexity index is 295. The predicted octanol–water partition coefficient (Wildman–Crippen LogP) is 0.326. The summed E-state index contributed by atoms with van der Waals surface area (Å²) in [6, 6.07) is 0. The molecule has 5 heteroatoms. The molecule has 2 atom stereocenters. The average molecular weight is 229 g/mol. The maximum Gasteiger partial charge on any atom is 0.307 e. The Balaban J connectivity index is 2.55. The number of aliphatic carboxylic acids is 1. The van der Waals surface area contributed by atoms with Gasteiger partial charge in [-0.3, -0.25) is 9.59 Å². The fraction of sp³-hybridized carbons (Fsp3) is 0.818. The first-order chi connectivity index (χ1) is 7.26. The van der Waals surface area contributed by atoms with E-state index in [-0.39, 0.29) is 18.4 Å². The van der Waals surface area contributed by atoms with Crippen LogP contribution in [-0.2, 0) is 9.59 Å². The summed E-state index contributed by atoms with van der Waals surface area (Å²) in [6.45, 7) is 5.81. The maximum absolute atomic E-state index is 11.9. The minimum Gasteiger partial charge on any atom is -0.481 e. The number of rotatable bonds is 5. The summed E-state index contributed by atoms with van der Waals surface area (Å²) in [4.78, 5) is 24.1. The Morgan fingerprint density at radius 2 is 1.94 bits per heavy atom. The number of hydrogen-bond donors (Lipinski definition) is 2. The van der Waals surface area contributed by atoms with Crippen LogP contribution in [0.5, 0.6) is 0 Å². The topological polar surface area (TPSA) is 77.8 Å². The first kappa shape index (κ1) is 13.0. The molecule has 0 aromatic heterocycles. The summed E-state index contributed by atoms with van der Waals surface area (Å²) in [6.07, 6.45) is 0.427. The van der Waals surface area contributed by atoms with Crippen LogP contribution in [0.2, 0.25) is 0 Å². The highest BCUT2D eigenvalue weighted by molar-refractivity contribution is 5.89.